The second kappa shape index (κ2) is 3.68. The Labute approximate surface area is 78.3 Å². The Kier molecular flexibility index (Phi) is 2.79. The fourth-order valence-electron chi connectivity index (χ4n) is 0.874. The number of rotatable bonds is 2. The highest BCUT2D eigenvalue weighted by Gasteiger charge is 2.15. The van der Waals surface area contributed by atoms with E-state index < -0.39 is 16.4 Å². The molecule has 0 bridgehead atoms. The highest BCUT2D eigenvalue weighted by Crippen LogP contribution is 2.26. The molecule has 0 spiro atoms. The Balaban J connectivity index is 3.28. The quantitative estimate of drug-likeness (QED) is 0.590. The van der Waals surface area contributed by atoms with Crippen LogP contribution in [0.25, 0.3) is 0 Å². The van der Waals surface area contributed by atoms with E-state index in [1.807, 2.05) is 0 Å². The summed E-state index contributed by atoms with van der Waals surface area (Å²) in [6, 6.07) is 1.93. The average molecular weight is 205 g/mol. The molecule has 0 saturated carbocycles. The molecule has 0 aliphatic heterocycles. The molecule has 4 nitrogen and oxygen atoms in total. The van der Waals surface area contributed by atoms with Crippen molar-refractivity contribution in [1.29, 1.82) is 0 Å². The van der Waals surface area contributed by atoms with Crippen LogP contribution in [0, 0.1) is 15.9 Å². The third kappa shape index (κ3) is 1.93. The van der Waals surface area contributed by atoms with Crippen LogP contribution < -0.4 is 5.73 Å². The highest BCUT2D eigenvalue weighted by molar-refractivity contribution is 6.32. The lowest BCUT2D eigenvalue weighted by Gasteiger charge is -2.00. The molecule has 1 rings (SSSR count). The monoisotopic (exact) mass is 204 g/mol. The van der Waals surface area contributed by atoms with Gasteiger partial charge in [0.15, 0.2) is 0 Å². The van der Waals surface area contributed by atoms with E-state index in [2.05, 4.69) is 0 Å². The van der Waals surface area contributed by atoms with Crippen molar-refractivity contribution in [2.24, 2.45) is 5.73 Å². The Morgan fingerprint density at radius 3 is 2.69 bits per heavy atom. The van der Waals surface area contributed by atoms with Gasteiger partial charge < -0.3 is 5.73 Å². The van der Waals surface area contributed by atoms with Gasteiger partial charge in [0.1, 0.15) is 10.8 Å². The summed E-state index contributed by atoms with van der Waals surface area (Å²) in [6.45, 7) is -0.0381. The van der Waals surface area contributed by atoms with Gasteiger partial charge in [0.2, 0.25) is 0 Å². The molecule has 0 heterocycles. The first-order valence-electron chi connectivity index (χ1n) is 3.38. The number of benzene rings is 1. The molecule has 0 radical (unpaired) electrons. The molecule has 0 unspecified atom stereocenters. The first-order valence-corrected chi connectivity index (χ1v) is 3.76. The molecule has 0 amide bonds. The zero-order valence-electron chi connectivity index (χ0n) is 6.46. The van der Waals surface area contributed by atoms with E-state index in [1.165, 1.54) is 0 Å². The fraction of sp³-hybridized carbons (Fsp3) is 0.143. The van der Waals surface area contributed by atoms with Crippen molar-refractivity contribution in [1.82, 2.24) is 0 Å². The predicted molar refractivity (Wildman–Crippen MR) is 46.0 cm³/mol. The van der Waals surface area contributed by atoms with E-state index in [0.717, 1.165) is 12.1 Å². The van der Waals surface area contributed by atoms with Crippen LogP contribution in [0.3, 0.4) is 0 Å². The molecule has 0 aliphatic rings. The van der Waals surface area contributed by atoms with Crippen molar-refractivity contribution in [2.75, 3.05) is 0 Å². The van der Waals surface area contributed by atoms with Crippen LogP contribution >= 0.6 is 11.6 Å². The molecule has 1 aromatic rings. The van der Waals surface area contributed by atoms with Crippen molar-refractivity contribution >= 4 is 17.3 Å². The lowest BCUT2D eigenvalue weighted by Crippen LogP contribution is -2.01. The summed E-state index contributed by atoms with van der Waals surface area (Å²) in [6.07, 6.45) is 0. The normalized spacial score (nSPS) is 10.1. The first-order chi connectivity index (χ1) is 6.06. The Bertz CT molecular complexity index is 357. The summed E-state index contributed by atoms with van der Waals surface area (Å²) in [5.74, 6) is -0.710. The number of nitro groups is 1. The molecule has 13 heavy (non-hydrogen) atoms. The number of nitro benzene ring substituents is 1. The number of hydrogen-bond donors (Lipinski definition) is 1. The zero-order valence-corrected chi connectivity index (χ0v) is 7.21. The summed E-state index contributed by atoms with van der Waals surface area (Å²) in [4.78, 5) is 9.55. The summed E-state index contributed by atoms with van der Waals surface area (Å²) in [7, 11) is 0. The summed E-state index contributed by atoms with van der Waals surface area (Å²) >= 11 is 5.51. The maximum Gasteiger partial charge on any atom is 0.290 e. The molecule has 0 saturated heterocycles. The van der Waals surface area contributed by atoms with Crippen LogP contribution in [-0.4, -0.2) is 4.92 Å². The van der Waals surface area contributed by atoms with Gasteiger partial charge in [-0.25, -0.2) is 4.39 Å². The topological polar surface area (TPSA) is 69.2 Å². The van der Waals surface area contributed by atoms with Gasteiger partial charge in [-0.15, -0.1) is 0 Å². The Hall–Kier alpha value is -1.20. The molecule has 0 aromatic heterocycles. The third-order valence-corrected chi connectivity index (χ3v) is 1.84. The van der Waals surface area contributed by atoms with E-state index in [1.54, 1.807) is 0 Å². The number of halogens is 2. The number of hydrogen-bond acceptors (Lipinski definition) is 3. The van der Waals surface area contributed by atoms with Crippen molar-refractivity contribution < 1.29 is 9.31 Å². The van der Waals surface area contributed by atoms with E-state index in [-0.39, 0.29) is 17.1 Å². The van der Waals surface area contributed by atoms with Gasteiger partial charge in [0, 0.05) is 12.1 Å². The van der Waals surface area contributed by atoms with Gasteiger partial charge in [-0.05, 0) is 6.07 Å². The van der Waals surface area contributed by atoms with Gasteiger partial charge in [0.25, 0.3) is 5.69 Å². The van der Waals surface area contributed by atoms with E-state index in [0.29, 0.717) is 0 Å². The minimum Gasteiger partial charge on any atom is -0.326 e. The smallest absolute Gasteiger partial charge is 0.290 e. The van der Waals surface area contributed by atoms with Crippen molar-refractivity contribution in [3.05, 3.63) is 38.7 Å². The number of nitrogens with two attached hydrogens (primary N) is 1. The summed E-state index contributed by atoms with van der Waals surface area (Å²) < 4.78 is 12.9. The van der Waals surface area contributed by atoms with Crippen molar-refractivity contribution in [3.63, 3.8) is 0 Å². The minimum atomic E-state index is -0.744. The largest absolute Gasteiger partial charge is 0.326 e. The van der Waals surface area contributed by atoms with Crippen LogP contribution in [0.4, 0.5) is 10.1 Å². The molecule has 0 fully saturated rings. The fourth-order valence-corrected chi connectivity index (χ4v) is 1.13. The molecule has 6 heteroatoms. The number of nitrogens with zero attached hydrogens (tertiary/aromatic N) is 1. The summed E-state index contributed by atoms with van der Waals surface area (Å²) in [5, 5.41) is 10.2. The molecule has 2 N–H and O–H groups in total. The molecular formula is C7H6ClFN2O2. The van der Waals surface area contributed by atoms with Gasteiger partial charge in [0.05, 0.1) is 11.0 Å². The third-order valence-electron chi connectivity index (χ3n) is 1.53. The second-order valence-corrected chi connectivity index (χ2v) is 2.76. The Morgan fingerprint density at radius 1 is 1.62 bits per heavy atom. The van der Waals surface area contributed by atoms with Gasteiger partial charge in [-0.2, -0.15) is 0 Å². The lowest BCUT2D eigenvalue weighted by molar-refractivity contribution is -0.384. The van der Waals surface area contributed by atoms with Crippen LogP contribution in [0.2, 0.25) is 5.02 Å². The highest BCUT2D eigenvalue weighted by atomic mass is 35.5. The maximum atomic E-state index is 12.9. The SMILES string of the molecule is NCc1cc(Cl)c([N+](=O)[O-])cc1F. The van der Waals surface area contributed by atoms with Crippen LogP contribution in [0.1, 0.15) is 5.56 Å². The van der Waals surface area contributed by atoms with Crippen LogP contribution in [0.15, 0.2) is 12.1 Å². The van der Waals surface area contributed by atoms with E-state index >= 15 is 0 Å². The van der Waals surface area contributed by atoms with Crippen molar-refractivity contribution in [2.45, 2.75) is 6.54 Å². The lowest BCUT2D eigenvalue weighted by atomic mass is 10.2. The minimum absolute atomic E-state index is 0.0381. The van der Waals surface area contributed by atoms with Gasteiger partial charge >= 0.3 is 0 Å². The summed E-state index contributed by atoms with van der Waals surface area (Å²) in [5.41, 5.74) is 4.89. The molecule has 70 valence electrons. The molecule has 1 aromatic carbocycles. The molecule has 0 atom stereocenters. The average Bonchev–Trinajstić information content (AvgIpc) is 2.07. The maximum absolute atomic E-state index is 12.9. The van der Waals surface area contributed by atoms with Gasteiger partial charge in [-0.1, -0.05) is 11.6 Å². The first kappa shape index (κ1) is 9.88. The van der Waals surface area contributed by atoms with E-state index in [4.69, 9.17) is 17.3 Å². The Morgan fingerprint density at radius 2 is 2.23 bits per heavy atom. The second-order valence-electron chi connectivity index (χ2n) is 2.36. The van der Waals surface area contributed by atoms with Crippen molar-refractivity contribution in [3.8, 4) is 0 Å². The molecule has 0 aliphatic carbocycles. The van der Waals surface area contributed by atoms with Crippen LogP contribution in [-0.2, 0) is 6.54 Å². The zero-order chi connectivity index (χ0) is 10.0. The molecular weight excluding hydrogens is 199 g/mol. The standard InChI is InChI=1S/C7H6ClFN2O2/c8-5-1-4(3-10)6(9)2-7(5)11(12)13/h1-2H,3,10H2. The van der Waals surface area contributed by atoms with E-state index in [9.17, 15) is 14.5 Å². The van der Waals surface area contributed by atoms with Gasteiger partial charge in [-0.3, -0.25) is 10.1 Å². The predicted octanol–water partition coefficient (Wildman–Crippen LogP) is 1.85. The van der Waals surface area contributed by atoms with Crippen LogP contribution in [0.5, 0.6) is 0 Å².